The molecule has 10 heavy (non-hydrogen) atoms. The summed E-state index contributed by atoms with van der Waals surface area (Å²) >= 11 is -1.49. The molecule has 0 saturated heterocycles. The van der Waals surface area contributed by atoms with E-state index in [1.165, 1.54) is 7.11 Å². The van der Waals surface area contributed by atoms with Gasteiger partial charge in [0.05, 0.1) is 7.11 Å². The number of nitrogens with one attached hydrogen (secondary N) is 1. The third-order valence-corrected chi connectivity index (χ3v) is 1.62. The molecule has 0 bridgehead atoms. The van der Waals surface area contributed by atoms with Crippen molar-refractivity contribution in [3.63, 3.8) is 0 Å². The van der Waals surface area contributed by atoms with Crippen molar-refractivity contribution in [1.82, 2.24) is 8.75 Å². The van der Waals surface area contributed by atoms with Crippen LogP contribution in [0.4, 0.5) is 5.82 Å². The minimum Gasteiger partial charge on any atom is -0.546 e. The van der Waals surface area contributed by atoms with Gasteiger partial charge in [-0.2, -0.15) is 0 Å². The largest absolute Gasteiger partial charge is 0.546 e. The molecule has 54 valence electrons. The Kier molecular flexibility index (Phi) is 2.08. The molecule has 0 fully saturated rings. The molecule has 1 rings (SSSR count). The molecule has 0 spiro atoms. The molecule has 0 amide bonds. The normalized spacial score (nSPS) is 11.2. The summed E-state index contributed by atoms with van der Waals surface area (Å²) in [6.45, 7) is 0. The summed E-state index contributed by atoms with van der Waals surface area (Å²) in [6.07, 6.45) is 0. The first-order valence-corrected chi connectivity index (χ1v) is 3.66. The van der Waals surface area contributed by atoms with Crippen LogP contribution in [-0.2, 0) is 0 Å². The third-order valence-electron chi connectivity index (χ3n) is 0.963. The summed E-state index contributed by atoms with van der Waals surface area (Å²) in [5.74, 6) is 0.724. The van der Waals surface area contributed by atoms with Gasteiger partial charge >= 0.3 is 5.88 Å². The van der Waals surface area contributed by atoms with Gasteiger partial charge in [-0.15, -0.1) is 0 Å². The van der Waals surface area contributed by atoms with Crippen LogP contribution >= 0.6 is 11.1 Å². The van der Waals surface area contributed by atoms with Crippen LogP contribution in [0.1, 0.15) is 0 Å². The van der Waals surface area contributed by atoms with Crippen molar-refractivity contribution >= 4 is 24.9 Å². The highest BCUT2D eigenvalue weighted by atomic mass is 32.2. The highest BCUT2D eigenvalue weighted by molar-refractivity contribution is 7.14. The first kappa shape index (κ1) is 7.29. The molecule has 0 aliphatic rings. The molecule has 1 unspecified atom stereocenters. The van der Waals surface area contributed by atoms with Gasteiger partial charge in [0.1, 0.15) is 0 Å². The average molecular weight is 159 g/mol. The number of hydrogen-bond donors (Lipinski definition) is 1. The predicted molar refractivity (Wildman–Crippen MR) is 39.4 cm³/mol. The van der Waals surface area contributed by atoms with Crippen LogP contribution in [0.3, 0.4) is 0 Å². The molecular formula is C3H6BN3O2S. The van der Waals surface area contributed by atoms with E-state index in [-0.39, 0.29) is 0 Å². The monoisotopic (exact) mass is 159 g/mol. The summed E-state index contributed by atoms with van der Waals surface area (Å²) in [5, 5.41) is 2.70. The molecular weight excluding hydrogens is 153 g/mol. The van der Waals surface area contributed by atoms with Gasteiger partial charge in [0, 0.05) is 8.75 Å². The average Bonchev–Trinajstić information content (AvgIpc) is 2.30. The number of hydrogen-bond acceptors (Lipinski definition) is 5. The molecule has 5 nitrogen and oxygen atoms in total. The van der Waals surface area contributed by atoms with E-state index >= 15 is 0 Å². The third kappa shape index (κ3) is 1.19. The Morgan fingerprint density at radius 3 is 2.80 bits per heavy atom. The van der Waals surface area contributed by atoms with Gasteiger partial charge in [-0.3, -0.25) is 0 Å². The minimum atomic E-state index is -1.49. The maximum atomic E-state index is 10.6. The van der Waals surface area contributed by atoms with Gasteiger partial charge in [0.15, 0.2) is 11.1 Å². The molecule has 1 heterocycles. The second-order valence-corrected chi connectivity index (χ2v) is 2.35. The lowest BCUT2D eigenvalue weighted by molar-refractivity contribution is 0.403. The van der Waals surface area contributed by atoms with Crippen LogP contribution in [0.5, 0.6) is 5.88 Å². The van der Waals surface area contributed by atoms with Crippen molar-refractivity contribution in [2.75, 3.05) is 12.3 Å². The van der Waals surface area contributed by atoms with Gasteiger partial charge in [0.25, 0.3) is 0 Å². The fraction of sp³-hybridized carbons (Fsp3) is 0.333. The van der Waals surface area contributed by atoms with Crippen molar-refractivity contribution in [2.45, 2.75) is 0 Å². The highest BCUT2D eigenvalue weighted by Gasteiger charge is 2.12. The second kappa shape index (κ2) is 2.85. The van der Waals surface area contributed by atoms with Gasteiger partial charge in [0.2, 0.25) is 13.8 Å². The first-order valence-electron chi connectivity index (χ1n) is 2.59. The quantitative estimate of drug-likeness (QED) is 0.450. The Hall–Kier alpha value is -0.815. The van der Waals surface area contributed by atoms with Crippen LogP contribution in [0, 0.1) is 0 Å². The fourth-order valence-electron chi connectivity index (χ4n) is 0.538. The molecule has 1 aromatic heterocycles. The summed E-state index contributed by atoms with van der Waals surface area (Å²) in [6, 6.07) is 0. The molecule has 7 heteroatoms. The topological polar surface area (TPSA) is 70.1 Å². The molecule has 1 N–H and O–H groups in total. The molecule has 0 saturated carbocycles. The van der Waals surface area contributed by atoms with Crippen LogP contribution < -0.4 is 9.96 Å². The van der Waals surface area contributed by atoms with Crippen molar-refractivity contribution < 1.29 is 9.29 Å². The van der Waals surface area contributed by atoms with E-state index in [0.717, 1.165) is 0 Å². The Balaban J connectivity index is 2.96. The number of nitrogens with zero attached hydrogens (tertiary/aromatic N) is 2. The lowest BCUT2D eigenvalue weighted by Gasteiger charge is -1.91. The summed E-state index contributed by atoms with van der Waals surface area (Å²) in [4.78, 5) is 0. The van der Waals surface area contributed by atoms with Crippen molar-refractivity contribution in [2.24, 2.45) is 0 Å². The SMILES string of the molecule is BNc1n[s+]([O-])nc1OC. The van der Waals surface area contributed by atoms with E-state index in [1.807, 2.05) is 0 Å². The summed E-state index contributed by atoms with van der Waals surface area (Å²) in [7, 11) is 3.12. The van der Waals surface area contributed by atoms with E-state index in [1.54, 1.807) is 7.98 Å². The van der Waals surface area contributed by atoms with E-state index in [2.05, 4.69) is 14.0 Å². The molecule has 0 aliphatic carbocycles. The molecule has 1 aromatic rings. The zero-order valence-electron chi connectivity index (χ0n) is 5.62. The smallest absolute Gasteiger partial charge is 0.316 e. The Morgan fingerprint density at radius 1 is 1.70 bits per heavy atom. The van der Waals surface area contributed by atoms with E-state index in [4.69, 9.17) is 4.74 Å². The standard InChI is InChI=1S/C3H6BN3O2S/c1-9-3-2(5-4)6-10(8)7-3/h4H2,1H3,(H,5,6). The number of rotatable bonds is 2. The van der Waals surface area contributed by atoms with Crippen molar-refractivity contribution in [3.8, 4) is 5.88 Å². The minimum absolute atomic E-state index is 0.292. The van der Waals surface area contributed by atoms with E-state index < -0.39 is 11.1 Å². The van der Waals surface area contributed by atoms with Gasteiger partial charge in [-0.25, -0.2) is 0 Å². The van der Waals surface area contributed by atoms with Gasteiger partial charge in [-0.1, -0.05) is 0 Å². The highest BCUT2D eigenvalue weighted by Crippen LogP contribution is 2.23. The number of ether oxygens (including phenoxy) is 1. The van der Waals surface area contributed by atoms with E-state index in [9.17, 15) is 4.55 Å². The molecule has 0 aromatic carbocycles. The van der Waals surface area contributed by atoms with Gasteiger partial charge < -0.3 is 14.5 Å². The van der Waals surface area contributed by atoms with Crippen LogP contribution in [-0.4, -0.2) is 28.4 Å². The predicted octanol–water partition coefficient (Wildman–Crippen LogP) is -0.827. The first-order chi connectivity index (χ1) is 4.77. The second-order valence-electron chi connectivity index (χ2n) is 1.52. The summed E-state index contributed by atoms with van der Waals surface area (Å²) < 4.78 is 22.5. The lowest BCUT2D eigenvalue weighted by Crippen LogP contribution is -1.93. The maximum Gasteiger partial charge on any atom is 0.316 e. The molecule has 1 atom stereocenters. The Morgan fingerprint density at radius 2 is 2.40 bits per heavy atom. The zero-order valence-corrected chi connectivity index (χ0v) is 6.44. The zero-order chi connectivity index (χ0) is 7.56. The van der Waals surface area contributed by atoms with Crippen LogP contribution in [0.15, 0.2) is 0 Å². The lowest BCUT2D eigenvalue weighted by atomic mass is 10.4. The maximum absolute atomic E-state index is 10.6. The van der Waals surface area contributed by atoms with Crippen molar-refractivity contribution in [3.05, 3.63) is 0 Å². The van der Waals surface area contributed by atoms with E-state index in [0.29, 0.717) is 11.7 Å². The Bertz CT molecular complexity index is 206. The van der Waals surface area contributed by atoms with Gasteiger partial charge in [-0.05, 0) is 0 Å². The number of methoxy groups -OCH3 is 1. The van der Waals surface area contributed by atoms with Crippen LogP contribution in [0.2, 0.25) is 0 Å². The van der Waals surface area contributed by atoms with Crippen LogP contribution in [0.25, 0.3) is 0 Å². The summed E-state index contributed by atoms with van der Waals surface area (Å²) in [5.41, 5.74) is 0. The number of anilines is 1. The van der Waals surface area contributed by atoms with Crippen molar-refractivity contribution in [1.29, 1.82) is 0 Å². The molecule has 0 radical (unpaired) electrons. The molecule has 0 aliphatic heterocycles. The fourth-order valence-corrected chi connectivity index (χ4v) is 1.21. The Labute approximate surface area is 62.0 Å². The number of aromatic nitrogens is 2.